The smallest absolute Gasteiger partial charge is 0.00504 e. The standard InChI is InChI=1S/C16H30N2/c1-17-12-16(8-2-3-9-16)13-18(10-14-4-5-14)11-15-6-7-15/h14-15,17H,2-13H2,1H3. The SMILES string of the molecule is CNCC1(CN(CC2CC2)CC2CC2)CCCC1. The highest BCUT2D eigenvalue weighted by atomic mass is 15.1. The number of nitrogens with one attached hydrogen (secondary N) is 1. The molecule has 0 bridgehead atoms. The molecule has 0 aromatic carbocycles. The van der Waals surface area contributed by atoms with Crippen molar-refractivity contribution >= 4 is 0 Å². The minimum Gasteiger partial charge on any atom is -0.319 e. The molecule has 0 amide bonds. The van der Waals surface area contributed by atoms with Crippen molar-refractivity contribution in [3.63, 3.8) is 0 Å². The van der Waals surface area contributed by atoms with Crippen molar-refractivity contribution in [2.75, 3.05) is 33.2 Å². The summed E-state index contributed by atoms with van der Waals surface area (Å²) in [6.45, 7) is 5.42. The molecule has 3 fully saturated rings. The molecule has 0 saturated heterocycles. The predicted molar refractivity (Wildman–Crippen MR) is 76.7 cm³/mol. The Labute approximate surface area is 113 Å². The Balaban J connectivity index is 1.57. The van der Waals surface area contributed by atoms with E-state index >= 15 is 0 Å². The molecule has 0 unspecified atom stereocenters. The lowest BCUT2D eigenvalue weighted by Crippen LogP contribution is -2.43. The molecule has 3 saturated carbocycles. The summed E-state index contributed by atoms with van der Waals surface area (Å²) in [5, 5.41) is 3.47. The van der Waals surface area contributed by atoms with Gasteiger partial charge in [0.1, 0.15) is 0 Å². The average molecular weight is 250 g/mol. The van der Waals surface area contributed by atoms with Crippen LogP contribution >= 0.6 is 0 Å². The summed E-state index contributed by atoms with van der Waals surface area (Å²) in [6, 6.07) is 0. The molecule has 0 spiro atoms. The number of rotatable bonds is 8. The van der Waals surface area contributed by atoms with Gasteiger partial charge < -0.3 is 10.2 Å². The number of nitrogens with zero attached hydrogens (tertiary/aromatic N) is 1. The lowest BCUT2D eigenvalue weighted by atomic mass is 9.85. The van der Waals surface area contributed by atoms with Crippen molar-refractivity contribution in [1.29, 1.82) is 0 Å². The Hall–Kier alpha value is -0.0800. The molecule has 2 heteroatoms. The lowest BCUT2D eigenvalue weighted by molar-refractivity contribution is 0.141. The highest BCUT2D eigenvalue weighted by Gasteiger charge is 2.37. The van der Waals surface area contributed by atoms with E-state index in [4.69, 9.17) is 0 Å². The summed E-state index contributed by atoms with van der Waals surface area (Å²) in [5.74, 6) is 2.11. The fourth-order valence-corrected chi connectivity index (χ4v) is 3.90. The normalized spacial score (nSPS) is 27.0. The molecule has 3 rings (SSSR count). The van der Waals surface area contributed by atoms with Gasteiger partial charge >= 0.3 is 0 Å². The Bertz CT molecular complexity index is 248. The van der Waals surface area contributed by atoms with Gasteiger partial charge in [-0.25, -0.2) is 0 Å². The van der Waals surface area contributed by atoms with Crippen LogP contribution in [0.15, 0.2) is 0 Å². The Kier molecular flexibility index (Phi) is 3.95. The highest BCUT2D eigenvalue weighted by Crippen LogP contribution is 2.41. The van der Waals surface area contributed by atoms with E-state index in [9.17, 15) is 0 Å². The van der Waals surface area contributed by atoms with E-state index < -0.39 is 0 Å². The second-order valence-electron chi connectivity index (χ2n) is 7.32. The van der Waals surface area contributed by atoms with Gasteiger partial charge in [0.15, 0.2) is 0 Å². The molecule has 0 heterocycles. The highest BCUT2D eigenvalue weighted by molar-refractivity contribution is 4.92. The third-order valence-electron chi connectivity index (χ3n) is 5.20. The molecule has 2 nitrogen and oxygen atoms in total. The third-order valence-corrected chi connectivity index (χ3v) is 5.20. The number of hydrogen-bond donors (Lipinski definition) is 1. The van der Waals surface area contributed by atoms with Gasteiger partial charge in [0.2, 0.25) is 0 Å². The molecular formula is C16H30N2. The van der Waals surface area contributed by atoms with E-state index in [1.807, 2.05) is 0 Å². The summed E-state index contributed by atoms with van der Waals surface area (Å²) >= 11 is 0. The quantitative estimate of drug-likeness (QED) is 0.712. The van der Waals surface area contributed by atoms with Crippen LogP contribution in [-0.2, 0) is 0 Å². The van der Waals surface area contributed by atoms with Gasteiger partial charge in [-0.15, -0.1) is 0 Å². The van der Waals surface area contributed by atoms with E-state index in [1.165, 1.54) is 77.5 Å². The zero-order valence-corrected chi connectivity index (χ0v) is 12.1. The van der Waals surface area contributed by atoms with E-state index in [0.717, 1.165) is 11.8 Å². The van der Waals surface area contributed by atoms with Gasteiger partial charge in [-0.1, -0.05) is 12.8 Å². The summed E-state index contributed by atoms with van der Waals surface area (Å²) < 4.78 is 0. The molecule has 3 aliphatic rings. The molecule has 0 radical (unpaired) electrons. The fraction of sp³-hybridized carbons (Fsp3) is 1.00. The largest absolute Gasteiger partial charge is 0.319 e. The molecule has 18 heavy (non-hydrogen) atoms. The van der Waals surface area contributed by atoms with Crippen LogP contribution in [0, 0.1) is 17.3 Å². The van der Waals surface area contributed by atoms with Crippen LogP contribution in [0.25, 0.3) is 0 Å². The van der Waals surface area contributed by atoms with Crippen molar-refractivity contribution in [2.45, 2.75) is 51.4 Å². The van der Waals surface area contributed by atoms with Crippen LogP contribution in [0.1, 0.15) is 51.4 Å². The minimum atomic E-state index is 0.610. The topological polar surface area (TPSA) is 15.3 Å². The molecule has 1 N–H and O–H groups in total. The maximum atomic E-state index is 3.47. The van der Waals surface area contributed by atoms with Gasteiger partial charge in [0.05, 0.1) is 0 Å². The van der Waals surface area contributed by atoms with Crippen molar-refractivity contribution < 1.29 is 0 Å². The lowest BCUT2D eigenvalue weighted by Gasteiger charge is -2.35. The first-order valence-electron chi connectivity index (χ1n) is 8.17. The summed E-state index contributed by atoms with van der Waals surface area (Å²) in [4.78, 5) is 2.85. The van der Waals surface area contributed by atoms with Crippen LogP contribution in [-0.4, -0.2) is 38.1 Å². The first-order valence-corrected chi connectivity index (χ1v) is 8.17. The molecule has 0 aromatic heterocycles. The van der Waals surface area contributed by atoms with E-state index in [1.54, 1.807) is 0 Å². The fourth-order valence-electron chi connectivity index (χ4n) is 3.90. The van der Waals surface area contributed by atoms with E-state index in [-0.39, 0.29) is 0 Å². The van der Waals surface area contributed by atoms with Crippen molar-refractivity contribution in [3.05, 3.63) is 0 Å². The van der Waals surface area contributed by atoms with Gasteiger partial charge in [-0.2, -0.15) is 0 Å². The zero-order valence-electron chi connectivity index (χ0n) is 12.1. The Morgan fingerprint density at radius 1 is 1.00 bits per heavy atom. The first-order chi connectivity index (χ1) is 8.80. The maximum absolute atomic E-state index is 3.47. The summed E-state index contributed by atoms with van der Waals surface area (Å²) in [5.41, 5.74) is 0.610. The van der Waals surface area contributed by atoms with E-state index in [0.29, 0.717) is 5.41 Å². The molecule has 0 atom stereocenters. The average Bonchev–Trinajstić information content (AvgIpc) is 3.24. The van der Waals surface area contributed by atoms with Crippen LogP contribution in [0.2, 0.25) is 0 Å². The second kappa shape index (κ2) is 5.50. The predicted octanol–water partition coefficient (Wildman–Crippen LogP) is 2.89. The van der Waals surface area contributed by atoms with Gasteiger partial charge in [-0.3, -0.25) is 0 Å². The summed E-state index contributed by atoms with van der Waals surface area (Å²) in [7, 11) is 2.13. The summed E-state index contributed by atoms with van der Waals surface area (Å²) in [6.07, 6.45) is 11.8. The molecule has 0 aliphatic heterocycles. The Morgan fingerprint density at radius 2 is 1.56 bits per heavy atom. The molecule has 3 aliphatic carbocycles. The van der Waals surface area contributed by atoms with Crippen molar-refractivity contribution in [3.8, 4) is 0 Å². The van der Waals surface area contributed by atoms with Crippen molar-refractivity contribution in [1.82, 2.24) is 10.2 Å². The number of hydrogen-bond acceptors (Lipinski definition) is 2. The van der Waals surface area contributed by atoms with Crippen LogP contribution in [0.4, 0.5) is 0 Å². The molecule has 104 valence electrons. The van der Waals surface area contributed by atoms with Crippen LogP contribution in [0.5, 0.6) is 0 Å². The van der Waals surface area contributed by atoms with Crippen LogP contribution < -0.4 is 5.32 Å². The van der Waals surface area contributed by atoms with Crippen LogP contribution in [0.3, 0.4) is 0 Å². The maximum Gasteiger partial charge on any atom is 0.00504 e. The first kappa shape index (κ1) is 12.9. The molecule has 0 aromatic rings. The van der Waals surface area contributed by atoms with E-state index in [2.05, 4.69) is 17.3 Å². The zero-order chi connectivity index (χ0) is 12.4. The molecular weight excluding hydrogens is 220 g/mol. The van der Waals surface area contributed by atoms with Gasteiger partial charge in [0.25, 0.3) is 0 Å². The Morgan fingerprint density at radius 3 is 2.00 bits per heavy atom. The van der Waals surface area contributed by atoms with Gasteiger partial charge in [-0.05, 0) is 62.8 Å². The van der Waals surface area contributed by atoms with Gasteiger partial charge in [0, 0.05) is 26.2 Å². The minimum absolute atomic E-state index is 0.610. The third kappa shape index (κ3) is 3.48. The second-order valence-corrected chi connectivity index (χ2v) is 7.32. The monoisotopic (exact) mass is 250 g/mol. The van der Waals surface area contributed by atoms with Crippen molar-refractivity contribution in [2.24, 2.45) is 17.3 Å².